The number of hydrogen-bond acceptors (Lipinski definition) is 5. The Labute approximate surface area is 161 Å². The summed E-state index contributed by atoms with van der Waals surface area (Å²) in [6, 6.07) is 13.2. The summed E-state index contributed by atoms with van der Waals surface area (Å²) in [4.78, 5) is 0. The van der Waals surface area contributed by atoms with Gasteiger partial charge in [-0.3, -0.25) is 0 Å². The molecule has 0 spiro atoms. The first-order valence-corrected chi connectivity index (χ1v) is 8.40. The minimum Gasteiger partial charge on any atom is -0.504 e. The fourth-order valence-electron chi connectivity index (χ4n) is 2.73. The number of ether oxygens (including phenoxy) is 1. The molecule has 0 amide bonds. The van der Waals surface area contributed by atoms with Gasteiger partial charge in [0, 0.05) is 17.6 Å². The Morgan fingerprint density at radius 3 is 2.35 bits per heavy atom. The Kier molecular flexibility index (Phi) is 8.21. The van der Waals surface area contributed by atoms with E-state index in [0.717, 1.165) is 12.8 Å². The molecule has 4 N–H and O–H groups in total. The smallest absolute Gasteiger partial charge is 0.200 e. The molecule has 0 aromatic heterocycles. The Morgan fingerprint density at radius 2 is 1.73 bits per heavy atom. The van der Waals surface area contributed by atoms with Crippen LogP contribution >= 0.6 is 12.4 Å². The van der Waals surface area contributed by atoms with Crippen LogP contribution in [0.3, 0.4) is 0 Å². The van der Waals surface area contributed by atoms with Crippen LogP contribution in [0.1, 0.15) is 37.5 Å². The average Bonchev–Trinajstić information content (AvgIpc) is 2.61. The molecule has 0 aliphatic heterocycles. The number of β-amino-alcohol motifs (C(OH)–C–C–N with tert-alkyl or cyclic N) is 1. The Bertz CT molecular complexity index is 692. The Morgan fingerprint density at radius 1 is 1.08 bits per heavy atom. The number of rotatable bonds is 8. The van der Waals surface area contributed by atoms with E-state index in [9.17, 15) is 15.3 Å². The van der Waals surface area contributed by atoms with Crippen LogP contribution in [0.25, 0.3) is 0 Å². The van der Waals surface area contributed by atoms with Crippen molar-refractivity contribution in [2.45, 2.75) is 38.3 Å². The number of nitrogens with one attached hydrogen (secondary N) is 1. The molecule has 0 fully saturated rings. The van der Waals surface area contributed by atoms with Crippen LogP contribution in [-0.2, 0) is 6.42 Å². The molecule has 0 radical (unpaired) electrons. The minimum atomic E-state index is -0.863. The summed E-state index contributed by atoms with van der Waals surface area (Å²) in [6.45, 7) is 4.49. The van der Waals surface area contributed by atoms with Crippen LogP contribution < -0.4 is 10.1 Å². The summed E-state index contributed by atoms with van der Waals surface area (Å²) < 4.78 is 5.12. The van der Waals surface area contributed by atoms with E-state index in [1.807, 2.05) is 18.2 Å². The highest BCUT2D eigenvalue weighted by molar-refractivity contribution is 5.85. The molecule has 0 bridgehead atoms. The van der Waals surface area contributed by atoms with Crippen molar-refractivity contribution in [3.63, 3.8) is 0 Å². The van der Waals surface area contributed by atoms with Gasteiger partial charge in [0.2, 0.25) is 5.75 Å². The highest BCUT2D eigenvalue weighted by Gasteiger charge is 2.22. The number of aryl methyl sites for hydroxylation is 1. The summed E-state index contributed by atoms with van der Waals surface area (Å²) >= 11 is 0. The predicted molar refractivity (Wildman–Crippen MR) is 105 cm³/mol. The molecule has 0 aliphatic carbocycles. The summed E-state index contributed by atoms with van der Waals surface area (Å²) in [6.07, 6.45) is 1.000. The molecule has 1 atom stereocenters. The number of hydrogen-bond donors (Lipinski definition) is 4. The zero-order valence-corrected chi connectivity index (χ0v) is 16.2. The molecule has 2 aromatic carbocycles. The fourth-order valence-corrected chi connectivity index (χ4v) is 2.73. The molecule has 0 saturated heterocycles. The van der Waals surface area contributed by atoms with Gasteiger partial charge in [0.05, 0.1) is 13.2 Å². The lowest BCUT2D eigenvalue weighted by Crippen LogP contribution is -2.42. The number of aliphatic hydroxyl groups excluding tert-OH is 1. The quantitative estimate of drug-likeness (QED) is 0.525. The van der Waals surface area contributed by atoms with Crippen molar-refractivity contribution in [2.75, 3.05) is 13.7 Å². The van der Waals surface area contributed by atoms with Crippen molar-refractivity contribution in [3.05, 3.63) is 53.6 Å². The Hall–Kier alpha value is -1.95. The lowest BCUT2D eigenvalue weighted by Gasteiger charge is -2.28. The highest BCUT2D eigenvalue weighted by atomic mass is 35.5. The van der Waals surface area contributed by atoms with Crippen LogP contribution in [0, 0.1) is 0 Å². The fraction of sp³-hybridized carbons (Fsp3) is 0.400. The largest absolute Gasteiger partial charge is 0.504 e. The lowest BCUT2D eigenvalue weighted by atomic mass is 9.94. The second kappa shape index (κ2) is 9.67. The van der Waals surface area contributed by atoms with Crippen molar-refractivity contribution in [3.8, 4) is 17.2 Å². The maximum atomic E-state index is 10.5. The van der Waals surface area contributed by atoms with Gasteiger partial charge < -0.3 is 25.4 Å². The molecule has 5 nitrogen and oxygen atoms in total. The zero-order valence-electron chi connectivity index (χ0n) is 15.4. The molecule has 26 heavy (non-hydrogen) atoms. The van der Waals surface area contributed by atoms with Crippen molar-refractivity contribution in [2.24, 2.45) is 0 Å². The molecule has 0 saturated carbocycles. The molecular weight excluding hydrogens is 354 g/mol. The van der Waals surface area contributed by atoms with Gasteiger partial charge in [-0.05, 0) is 44.4 Å². The molecule has 0 aliphatic rings. The average molecular weight is 382 g/mol. The van der Waals surface area contributed by atoms with E-state index in [0.29, 0.717) is 12.1 Å². The van der Waals surface area contributed by atoms with Crippen molar-refractivity contribution >= 4 is 12.4 Å². The third kappa shape index (κ3) is 5.80. The normalized spacial score (nSPS) is 12.3. The van der Waals surface area contributed by atoms with Gasteiger partial charge in [-0.15, -0.1) is 12.4 Å². The van der Waals surface area contributed by atoms with E-state index < -0.39 is 6.10 Å². The van der Waals surface area contributed by atoms with E-state index in [4.69, 9.17) is 4.74 Å². The molecule has 2 rings (SSSR count). The summed E-state index contributed by atoms with van der Waals surface area (Å²) in [7, 11) is 1.39. The van der Waals surface area contributed by atoms with Crippen LogP contribution in [-0.4, -0.2) is 34.5 Å². The van der Waals surface area contributed by atoms with Gasteiger partial charge in [-0.25, -0.2) is 0 Å². The van der Waals surface area contributed by atoms with Gasteiger partial charge >= 0.3 is 0 Å². The summed E-state index contributed by atoms with van der Waals surface area (Å²) in [5, 5.41) is 33.2. The van der Waals surface area contributed by atoms with Crippen LogP contribution in [0.2, 0.25) is 0 Å². The van der Waals surface area contributed by atoms with Crippen LogP contribution in [0.4, 0.5) is 0 Å². The number of aliphatic hydroxyl groups is 1. The maximum absolute atomic E-state index is 10.5. The van der Waals surface area contributed by atoms with Gasteiger partial charge in [-0.2, -0.15) is 0 Å². The number of benzene rings is 2. The van der Waals surface area contributed by atoms with E-state index in [-0.39, 0.29) is 35.2 Å². The van der Waals surface area contributed by atoms with Crippen LogP contribution in [0.15, 0.2) is 42.5 Å². The second-order valence-corrected chi connectivity index (χ2v) is 6.82. The Balaban J connectivity index is 0.00000338. The standard InChI is InChI=1S/C20H27NO4.ClH/c1-20(2,12-11-14-7-5-4-6-8-14)21-13-17(23)15-9-10-16(22)18(24)19(15)25-3;/h4-10,17,21-24H,11-13H2,1-3H3;1H. The number of phenolic OH excluding ortho intramolecular Hbond substituents is 2. The third-order valence-electron chi connectivity index (χ3n) is 4.36. The number of aromatic hydroxyl groups is 2. The van der Waals surface area contributed by atoms with Gasteiger partial charge in [0.15, 0.2) is 11.5 Å². The van der Waals surface area contributed by atoms with Crippen molar-refractivity contribution in [1.29, 1.82) is 0 Å². The minimum absolute atomic E-state index is 0. The first kappa shape index (κ1) is 22.1. The van der Waals surface area contributed by atoms with Gasteiger partial charge in [-0.1, -0.05) is 30.3 Å². The highest BCUT2D eigenvalue weighted by Crippen LogP contribution is 2.40. The first-order chi connectivity index (χ1) is 11.8. The van der Waals surface area contributed by atoms with E-state index in [2.05, 4.69) is 31.3 Å². The lowest BCUT2D eigenvalue weighted by molar-refractivity contribution is 0.154. The summed E-state index contributed by atoms with van der Waals surface area (Å²) in [5.74, 6) is -0.539. The molecular formula is C20H28ClNO4. The number of halogens is 1. The molecule has 144 valence electrons. The van der Waals surface area contributed by atoms with Crippen molar-refractivity contribution in [1.82, 2.24) is 5.32 Å². The van der Waals surface area contributed by atoms with Crippen molar-refractivity contribution < 1.29 is 20.1 Å². The molecule has 1 unspecified atom stereocenters. The molecule has 2 aromatic rings. The van der Waals surface area contributed by atoms with Gasteiger partial charge in [0.25, 0.3) is 0 Å². The molecule has 0 heterocycles. The van der Waals surface area contributed by atoms with Gasteiger partial charge in [0.1, 0.15) is 0 Å². The predicted octanol–water partition coefficient (Wildman–Crippen LogP) is 3.56. The topological polar surface area (TPSA) is 82.0 Å². The maximum Gasteiger partial charge on any atom is 0.200 e. The number of phenols is 2. The van der Waals surface area contributed by atoms with Crippen LogP contribution in [0.5, 0.6) is 17.2 Å². The second-order valence-electron chi connectivity index (χ2n) is 6.82. The molecule has 6 heteroatoms. The van der Waals surface area contributed by atoms with E-state index >= 15 is 0 Å². The zero-order chi connectivity index (χ0) is 18.4. The SMILES string of the molecule is COc1c(C(O)CNC(C)(C)CCc2ccccc2)ccc(O)c1O.Cl. The monoisotopic (exact) mass is 381 g/mol. The van der Waals surface area contributed by atoms with E-state index in [1.165, 1.54) is 18.7 Å². The van der Waals surface area contributed by atoms with E-state index in [1.54, 1.807) is 6.07 Å². The number of methoxy groups -OCH3 is 1. The first-order valence-electron chi connectivity index (χ1n) is 8.40. The third-order valence-corrected chi connectivity index (χ3v) is 4.36. The summed E-state index contributed by atoms with van der Waals surface area (Å²) in [5.41, 5.74) is 1.55.